The number of unbranched alkanes of at least 4 members (excludes halogenated alkanes) is 1. The molecule has 25 heavy (non-hydrogen) atoms. The normalized spacial score (nSPS) is 11.5. The van der Waals surface area contributed by atoms with Gasteiger partial charge in [0.1, 0.15) is 6.04 Å². The summed E-state index contributed by atoms with van der Waals surface area (Å²) in [6.07, 6.45) is 5.72. The van der Waals surface area contributed by atoms with E-state index in [1.54, 1.807) is 41.2 Å². The number of nitriles is 1. The van der Waals surface area contributed by atoms with Crippen LogP contribution in [0.4, 0.5) is 0 Å². The number of hydrogen-bond donors (Lipinski definition) is 2. The average Bonchev–Trinajstić information content (AvgIpc) is 3.14. The number of carbonyl (C=O) groups is 2. The lowest BCUT2D eigenvalue weighted by Gasteiger charge is -2.16. The van der Waals surface area contributed by atoms with E-state index in [0.717, 1.165) is 24.8 Å². The summed E-state index contributed by atoms with van der Waals surface area (Å²) in [6.45, 7) is 0.506. The van der Waals surface area contributed by atoms with E-state index in [1.807, 2.05) is 12.1 Å². The molecular formula is C19H21N3O3. The SMILES string of the molecule is N#Cc1ccc(CCCCNC(=O)[C@@H](CC(=O)O)n2cccc2)cc1. The second kappa shape index (κ2) is 9.28. The summed E-state index contributed by atoms with van der Waals surface area (Å²) in [5.74, 6) is -1.29. The zero-order chi connectivity index (χ0) is 18.1. The fraction of sp³-hybridized carbons (Fsp3) is 0.316. The van der Waals surface area contributed by atoms with Crippen LogP contribution in [0.15, 0.2) is 48.8 Å². The molecule has 2 N–H and O–H groups in total. The van der Waals surface area contributed by atoms with Crippen LogP contribution in [-0.4, -0.2) is 28.1 Å². The Labute approximate surface area is 146 Å². The third-order valence-corrected chi connectivity index (χ3v) is 3.93. The second-order valence-electron chi connectivity index (χ2n) is 5.80. The van der Waals surface area contributed by atoms with Crippen LogP contribution in [0.5, 0.6) is 0 Å². The van der Waals surface area contributed by atoms with E-state index in [4.69, 9.17) is 10.4 Å². The van der Waals surface area contributed by atoms with Crippen LogP contribution in [0, 0.1) is 11.3 Å². The molecule has 0 saturated carbocycles. The van der Waals surface area contributed by atoms with Crippen LogP contribution in [0.2, 0.25) is 0 Å². The summed E-state index contributed by atoms with van der Waals surface area (Å²) < 4.78 is 1.61. The number of aryl methyl sites for hydroxylation is 1. The molecule has 0 fully saturated rings. The predicted octanol–water partition coefficient (Wildman–Crippen LogP) is 2.51. The minimum Gasteiger partial charge on any atom is -0.481 e. The quantitative estimate of drug-likeness (QED) is 0.686. The van der Waals surface area contributed by atoms with Gasteiger partial charge in [-0.3, -0.25) is 9.59 Å². The van der Waals surface area contributed by atoms with Gasteiger partial charge in [-0.15, -0.1) is 0 Å². The number of aliphatic carboxylic acids is 1. The van der Waals surface area contributed by atoms with Crippen LogP contribution in [0.1, 0.15) is 36.4 Å². The molecule has 0 radical (unpaired) electrons. The molecule has 2 rings (SSSR count). The topological polar surface area (TPSA) is 95.1 Å². The highest BCUT2D eigenvalue weighted by Crippen LogP contribution is 2.12. The first kappa shape index (κ1) is 18.3. The van der Waals surface area contributed by atoms with Gasteiger partial charge in [-0.25, -0.2) is 0 Å². The molecule has 2 aromatic rings. The number of carbonyl (C=O) groups excluding carboxylic acids is 1. The van der Waals surface area contributed by atoms with Gasteiger partial charge in [-0.05, 0) is 49.1 Å². The molecule has 6 heteroatoms. The Morgan fingerprint density at radius 1 is 1.16 bits per heavy atom. The van der Waals surface area contributed by atoms with E-state index < -0.39 is 12.0 Å². The number of hydrogen-bond acceptors (Lipinski definition) is 3. The Morgan fingerprint density at radius 2 is 1.84 bits per heavy atom. The van der Waals surface area contributed by atoms with Crippen LogP contribution in [0.3, 0.4) is 0 Å². The van der Waals surface area contributed by atoms with Gasteiger partial charge in [0.2, 0.25) is 5.91 Å². The minimum absolute atomic E-state index is 0.244. The lowest BCUT2D eigenvalue weighted by Crippen LogP contribution is -2.34. The predicted molar refractivity (Wildman–Crippen MR) is 92.8 cm³/mol. The van der Waals surface area contributed by atoms with Gasteiger partial charge < -0.3 is 15.0 Å². The first-order valence-corrected chi connectivity index (χ1v) is 8.21. The summed E-state index contributed by atoms with van der Waals surface area (Å²) in [7, 11) is 0. The van der Waals surface area contributed by atoms with E-state index in [-0.39, 0.29) is 12.3 Å². The van der Waals surface area contributed by atoms with Gasteiger partial charge in [0.25, 0.3) is 0 Å². The van der Waals surface area contributed by atoms with Crippen LogP contribution in [-0.2, 0) is 16.0 Å². The van der Waals surface area contributed by atoms with Gasteiger partial charge in [0, 0.05) is 18.9 Å². The number of amides is 1. The maximum Gasteiger partial charge on any atom is 0.306 e. The van der Waals surface area contributed by atoms with E-state index >= 15 is 0 Å². The minimum atomic E-state index is -1.00. The molecule has 0 aliphatic rings. The van der Waals surface area contributed by atoms with Gasteiger partial charge in [-0.2, -0.15) is 5.26 Å². The molecule has 0 aliphatic carbocycles. The molecule has 0 unspecified atom stereocenters. The number of nitrogens with one attached hydrogen (secondary N) is 1. The Morgan fingerprint density at radius 3 is 2.44 bits per heavy atom. The first-order chi connectivity index (χ1) is 12.1. The van der Waals surface area contributed by atoms with Gasteiger partial charge in [0.05, 0.1) is 18.1 Å². The molecular weight excluding hydrogens is 318 g/mol. The highest BCUT2D eigenvalue weighted by molar-refractivity contribution is 5.84. The maximum atomic E-state index is 12.3. The van der Waals surface area contributed by atoms with Gasteiger partial charge in [0.15, 0.2) is 0 Å². The Bertz CT molecular complexity index is 730. The molecule has 1 aromatic heterocycles. The monoisotopic (exact) mass is 339 g/mol. The fourth-order valence-corrected chi connectivity index (χ4v) is 2.58. The molecule has 0 spiro atoms. The highest BCUT2D eigenvalue weighted by Gasteiger charge is 2.22. The summed E-state index contributed by atoms with van der Waals surface area (Å²) in [4.78, 5) is 23.2. The lowest BCUT2D eigenvalue weighted by molar-refractivity contribution is -0.140. The van der Waals surface area contributed by atoms with E-state index in [0.29, 0.717) is 12.1 Å². The number of benzene rings is 1. The first-order valence-electron chi connectivity index (χ1n) is 8.21. The van der Waals surface area contributed by atoms with Crippen LogP contribution in [0.25, 0.3) is 0 Å². The molecule has 0 aliphatic heterocycles. The molecule has 0 saturated heterocycles. The fourth-order valence-electron chi connectivity index (χ4n) is 2.58. The number of carboxylic acids is 1. The van der Waals surface area contributed by atoms with E-state index in [2.05, 4.69) is 11.4 Å². The molecule has 1 heterocycles. The maximum absolute atomic E-state index is 12.3. The van der Waals surface area contributed by atoms with Crippen molar-refractivity contribution in [3.63, 3.8) is 0 Å². The van der Waals surface area contributed by atoms with Crippen molar-refractivity contribution in [1.82, 2.24) is 9.88 Å². The van der Waals surface area contributed by atoms with Crippen molar-refractivity contribution in [2.24, 2.45) is 0 Å². The molecule has 1 amide bonds. The van der Waals surface area contributed by atoms with E-state index in [1.165, 1.54) is 0 Å². The highest BCUT2D eigenvalue weighted by atomic mass is 16.4. The molecule has 0 bridgehead atoms. The molecule has 1 atom stereocenters. The summed E-state index contributed by atoms with van der Waals surface area (Å²) >= 11 is 0. The third kappa shape index (κ3) is 5.81. The summed E-state index contributed by atoms with van der Waals surface area (Å²) in [6, 6.07) is 12.3. The Hall–Kier alpha value is -3.07. The van der Waals surface area contributed by atoms with Crippen molar-refractivity contribution < 1.29 is 14.7 Å². The van der Waals surface area contributed by atoms with Crippen molar-refractivity contribution in [2.75, 3.05) is 6.54 Å². The largest absolute Gasteiger partial charge is 0.481 e. The van der Waals surface area contributed by atoms with Gasteiger partial charge >= 0.3 is 5.97 Å². The van der Waals surface area contributed by atoms with Crippen molar-refractivity contribution in [3.8, 4) is 6.07 Å². The number of rotatable bonds is 9. The van der Waals surface area contributed by atoms with Crippen LogP contribution >= 0.6 is 0 Å². The third-order valence-electron chi connectivity index (χ3n) is 3.93. The van der Waals surface area contributed by atoms with Crippen molar-refractivity contribution >= 4 is 11.9 Å². The van der Waals surface area contributed by atoms with Crippen LogP contribution < -0.4 is 5.32 Å². The second-order valence-corrected chi connectivity index (χ2v) is 5.80. The number of aromatic nitrogens is 1. The summed E-state index contributed by atoms with van der Waals surface area (Å²) in [5.41, 5.74) is 1.80. The molecule has 6 nitrogen and oxygen atoms in total. The zero-order valence-corrected chi connectivity index (χ0v) is 13.9. The van der Waals surface area contributed by atoms with Crippen molar-refractivity contribution in [3.05, 3.63) is 59.9 Å². The number of nitrogens with zero attached hydrogens (tertiary/aromatic N) is 2. The molecule has 1 aromatic carbocycles. The molecule has 130 valence electrons. The summed E-state index contributed by atoms with van der Waals surface area (Å²) in [5, 5.41) is 20.6. The smallest absolute Gasteiger partial charge is 0.306 e. The average molecular weight is 339 g/mol. The zero-order valence-electron chi connectivity index (χ0n) is 13.9. The lowest BCUT2D eigenvalue weighted by atomic mass is 10.1. The number of carboxylic acid groups (broad SMARTS) is 1. The Kier molecular flexibility index (Phi) is 6.78. The van der Waals surface area contributed by atoms with Crippen molar-refractivity contribution in [2.45, 2.75) is 31.7 Å². The standard InChI is InChI=1S/C19H21N3O3/c20-14-16-8-6-15(7-9-16)5-1-2-10-21-19(25)17(13-18(23)24)22-11-3-4-12-22/h3-4,6-9,11-12,17H,1-2,5,10,13H2,(H,21,25)(H,23,24)/t17-/m1/s1. The van der Waals surface area contributed by atoms with Gasteiger partial charge in [-0.1, -0.05) is 12.1 Å². The van der Waals surface area contributed by atoms with Crippen molar-refractivity contribution in [1.29, 1.82) is 5.26 Å². The van der Waals surface area contributed by atoms with E-state index in [9.17, 15) is 9.59 Å². The Balaban J connectivity index is 1.74.